The van der Waals surface area contributed by atoms with E-state index in [2.05, 4.69) is 15.0 Å². The van der Waals surface area contributed by atoms with Crippen LogP contribution in [0.15, 0.2) is 61.2 Å². The Bertz CT molecular complexity index is 994. The average Bonchev–Trinajstić information content (AvgIpc) is 3.05. The van der Waals surface area contributed by atoms with E-state index in [0.717, 1.165) is 11.3 Å². The normalized spacial score (nSPS) is 11.0. The maximum absolute atomic E-state index is 13.7. The van der Waals surface area contributed by atoms with Crippen molar-refractivity contribution in [3.05, 3.63) is 67.0 Å². The van der Waals surface area contributed by atoms with E-state index >= 15 is 0 Å². The number of nitrogens with zero attached hydrogens (tertiary/aromatic N) is 4. The van der Waals surface area contributed by atoms with Crippen molar-refractivity contribution in [1.29, 1.82) is 0 Å². The molecule has 0 saturated carbocycles. The van der Waals surface area contributed by atoms with E-state index in [1.54, 1.807) is 30.7 Å². The third-order valence-electron chi connectivity index (χ3n) is 3.62. The van der Waals surface area contributed by atoms with E-state index in [4.69, 9.17) is 5.73 Å². The van der Waals surface area contributed by atoms with Gasteiger partial charge in [-0.3, -0.25) is 9.38 Å². The maximum Gasteiger partial charge on any atom is 0.180 e. The van der Waals surface area contributed by atoms with Gasteiger partial charge in [-0.1, -0.05) is 12.1 Å². The quantitative estimate of drug-likeness (QED) is 0.617. The van der Waals surface area contributed by atoms with Crippen LogP contribution >= 0.6 is 0 Å². The zero-order valence-corrected chi connectivity index (χ0v) is 12.0. The largest absolute Gasteiger partial charge is 0.381 e. The van der Waals surface area contributed by atoms with Gasteiger partial charge < -0.3 is 5.73 Å². The van der Waals surface area contributed by atoms with E-state index in [1.165, 1.54) is 12.1 Å². The lowest BCUT2D eigenvalue weighted by Gasteiger charge is -2.13. The number of anilines is 1. The lowest BCUT2D eigenvalue weighted by molar-refractivity contribution is 0.628. The Morgan fingerprint density at radius 1 is 1.00 bits per heavy atom. The van der Waals surface area contributed by atoms with E-state index in [9.17, 15) is 4.39 Å². The molecule has 0 spiro atoms. The van der Waals surface area contributed by atoms with Crippen molar-refractivity contribution in [2.24, 2.45) is 0 Å². The van der Waals surface area contributed by atoms with Gasteiger partial charge in [-0.05, 0) is 24.3 Å². The van der Waals surface area contributed by atoms with E-state index < -0.39 is 0 Å². The zero-order chi connectivity index (χ0) is 15.8. The summed E-state index contributed by atoms with van der Waals surface area (Å²) in [5.41, 5.74) is 9.53. The number of hydrogen-bond donors (Lipinski definition) is 1. The first-order valence-electron chi connectivity index (χ1n) is 7.03. The molecule has 0 fully saturated rings. The topological polar surface area (TPSA) is 69.1 Å². The second-order valence-corrected chi connectivity index (χ2v) is 5.06. The molecule has 5 nitrogen and oxygen atoms in total. The fraction of sp³-hybridized carbons (Fsp3) is 0. The molecule has 0 unspecified atom stereocenters. The molecule has 0 saturated heterocycles. The Morgan fingerprint density at radius 3 is 2.61 bits per heavy atom. The number of halogens is 1. The van der Waals surface area contributed by atoms with E-state index in [-0.39, 0.29) is 5.82 Å². The van der Waals surface area contributed by atoms with Crippen LogP contribution in [0.1, 0.15) is 0 Å². The van der Waals surface area contributed by atoms with Crippen molar-refractivity contribution >= 4 is 11.5 Å². The van der Waals surface area contributed by atoms with Crippen molar-refractivity contribution in [1.82, 2.24) is 19.4 Å². The summed E-state index contributed by atoms with van der Waals surface area (Å²) in [5.74, 6) is -0.0265. The van der Waals surface area contributed by atoms with Gasteiger partial charge in [0.2, 0.25) is 0 Å². The molecule has 23 heavy (non-hydrogen) atoms. The SMILES string of the molecule is Nc1nc(-c2cccc(F)c2)c(-c2ccncc2)n2ccnc12. The van der Waals surface area contributed by atoms with Gasteiger partial charge in [0.1, 0.15) is 5.82 Å². The minimum absolute atomic E-state index is 0.298. The van der Waals surface area contributed by atoms with Gasteiger partial charge in [0.15, 0.2) is 11.5 Å². The summed E-state index contributed by atoms with van der Waals surface area (Å²) in [4.78, 5) is 12.8. The van der Waals surface area contributed by atoms with Gasteiger partial charge in [-0.15, -0.1) is 0 Å². The van der Waals surface area contributed by atoms with Gasteiger partial charge in [-0.25, -0.2) is 14.4 Å². The molecule has 1 aromatic carbocycles. The molecule has 0 atom stereocenters. The Labute approximate surface area is 131 Å². The van der Waals surface area contributed by atoms with E-state index in [1.807, 2.05) is 22.7 Å². The fourth-order valence-corrected chi connectivity index (χ4v) is 2.63. The van der Waals surface area contributed by atoms with Crippen LogP contribution in [-0.4, -0.2) is 19.4 Å². The summed E-state index contributed by atoms with van der Waals surface area (Å²) in [6.45, 7) is 0. The summed E-state index contributed by atoms with van der Waals surface area (Å²) >= 11 is 0. The molecule has 2 N–H and O–H groups in total. The number of aromatic nitrogens is 4. The number of benzene rings is 1. The zero-order valence-electron chi connectivity index (χ0n) is 12.0. The summed E-state index contributed by atoms with van der Waals surface area (Å²) in [7, 11) is 0. The molecule has 6 heteroatoms. The summed E-state index contributed by atoms with van der Waals surface area (Å²) in [6.07, 6.45) is 6.87. The molecule has 4 rings (SSSR count). The predicted octanol–water partition coefficient (Wildman–Crippen LogP) is 3.18. The van der Waals surface area contributed by atoms with Crippen LogP contribution in [0, 0.1) is 5.82 Å². The van der Waals surface area contributed by atoms with Crippen molar-refractivity contribution in [2.45, 2.75) is 0 Å². The standard InChI is InChI=1S/C17H12FN5/c18-13-3-1-2-12(10-13)14-15(11-4-6-20-7-5-11)23-9-8-21-17(23)16(19)22-14/h1-10H,(H2,19,22). The smallest absolute Gasteiger partial charge is 0.180 e. The highest BCUT2D eigenvalue weighted by molar-refractivity contribution is 5.82. The third-order valence-corrected chi connectivity index (χ3v) is 3.62. The summed E-state index contributed by atoms with van der Waals surface area (Å²) in [5, 5.41) is 0. The van der Waals surface area contributed by atoms with E-state index in [0.29, 0.717) is 22.7 Å². The second kappa shape index (κ2) is 5.17. The minimum Gasteiger partial charge on any atom is -0.381 e. The van der Waals surface area contributed by atoms with Crippen molar-refractivity contribution in [3.8, 4) is 22.5 Å². The number of nitrogen functional groups attached to an aromatic ring is 1. The van der Waals surface area contributed by atoms with Crippen LogP contribution in [0.3, 0.4) is 0 Å². The first-order chi connectivity index (χ1) is 11.2. The highest BCUT2D eigenvalue weighted by atomic mass is 19.1. The molecule has 112 valence electrons. The number of hydrogen-bond acceptors (Lipinski definition) is 4. The fourth-order valence-electron chi connectivity index (χ4n) is 2.63. The Hall–Kier alpha value is -3.28. The molecule has 0 aliphatic heterocycles. The highest BCUT2D eigenvalue weighted by Gasteiger charge is 2.16. The molecule has 0 aliphatic carbocycles. The number of pyridine rings is 1. The molecule has 3 heterocycles. The average molecular weight is 305 g/mol. The lowest BCUT2D eigenvalue weighted by atomic mass is 10.0. The van der Waals surface area contributed by atoms with Crippen LogP contribution in [0.2, 0.25) is 0 Å². The number of fused-ring (bicyclic) bond motifs is 1. The molecule has 0 amide bonds. The molecule has 0 bridgehead atoms. The summed E-state index contributed by atoms with van der Waals surface area (Å²) < 4.78 is 15.5. The third kappa shape index (κ3) is 2.20. The minimum atomic E-state index is -0.325. The van der Waals surface area contributed by atoms with Crippen molar-refractivity contribution in [2.75, 3.05) is 5.73 Å². The monoisotopic (exact) mass is 305 g/mol. The molecular formula is C17H12FN5. The Morgan fingerprint density at radius 2 is 1.83 bits per heavy atom. The number of imidazole rings is 1. The van der Waals surface area contributed by atoms with Crippen LogP contribution in [-0.2, 0) is 0 Å². The van der Waals surface area contributed by atoms with Crippen LogP contribution in [0.4, 0.5) is 10.2 Å². The number of rotatable bonds is 2. The van der Waals surface area contributed by atoms with Gasteiger partial charge in [0.05, 0.1) is 11.4 Å². The van der Waals surface area contributed by atoms with Crippen molar-refractivity contribution in [3.63, 3.8) is 0 Å². The van der Waals surface area contributed by atoms with Gasteiger partial charge >= 0.3 is 0 Å². The summed E-state index contributed by atoms with van der Waals surface area (Å²) in [6, 6.07) is 10.0. The Balaban J connectivity index is 2.11. The highest BCUT2D eigenvalue weighted by Crippen LogP contribution is 2.32. The maximum atomic E-state index is 13.7. The van der Waals surface area contributed by atoms with Gasteiger partial charge in [-0.2, -0.15) is 0 Å². The molecule has 3 aromatic heterocycles. The first kappa shape index (κ1) is 13.4. The molecule has 0 aliphatic rings. The van der Waals surface area contributed by atoms with Gasteiger partial charge in [0, 0.05) is 35.9 Å². The van der Waals surface area contributed by atoms with Gasteiger partial charge in [0.25, 0.3) is 0 Å². The predicted molar refractivity (Wildman–Crippen MR) is 86.0 cm³/mol. The van der Waals surface area contributed by atoms with Crippen LogP contribution in [0.5, 0.6) is 0 Å². The second-order valence-electron chi connectivity index (χ2n) is 5.06. The Kier molecular flexibility index (Phi) is 3.01. The van der Waals surface area contributed by atoms with Crippen molar-refractivity contribution < 1.29 is 4.39 Å². The first-order valence-corrected chi connectivity index (χ1v) is 7.03. The lowest BCUT2D eigenvalue weighted by Crippen LogP contribution is -2.03. The molecule has 4 aromatic rings. The molecular weight excluding hydrogens is 293 g/mol. The number of nitrogens with two attached hydrogens (primary N) is 1. The van der Waals surface area contributed by atoms with Crippen LogP contribution in [0.25, 0.3) is 28.2 Å². The molecule has 0 radical (unpaired) electrons. The van der Waals surface area contributed by atoms with Crippen LogP contribution < -0.4 is 5.73 Å².